The van der Waals surface area contributed by atoms with Crippen molar-refractivity contribution in [1.82, 2.24) is 18.4 Å². The first-order chi connectivity index (χ1) is 11.2. The van der Waals surface area contributed by atoms with E-state index in [0.717, 1.165) is 32.5 Å². The zero-order chi connectivity index (χ0) is 17.7. The van der Waals surface area contributed by atoms with E-state index in [1.165, 1.54) is 8.61 Å². The molecule has 24 heavy (non-hydrogen) atoms. The van der Waals surface area contributed by atoms with Crippen molar-refractivity contribution in [1.29, 1.82) is 0 Å². The molecule has 0 aliphatic carbocycles. The van der Waals surface area contributed by atoms with Crippen molar-refractivity contribution in [3.63, 3.8) is 0 Å². The highest BCUT2D eigenvalue weighted by Crippen LogP contribution is 2.46. The first-order valence-corrected chi connectivity index (χ1v) is 10.3. The molecular weight excluding hydrogens is 328 g/mol. The minimum absolute atomic E-state index is 0.0859. The second-order valence-corrected chi connectivity index (χ2v) is 10.1. The Morgan fingerprint density at radius 3 is 2.29 bits per heavy atom. The molecule has 3 aliphatic heterocycles. The summed E-state index contributed by atoms with van der Waals surface area (Å²) in [7, 11) is -0.365. The minimum Gasteiger partial charge on any atom is -0.342 e. The van der Waals surface area contributed by atoms with Crippen LogP contribution in [-0.2, 0) is 15.0 Å². The van der Waals surface area contributed by atoms with Crippen LogP contribution in [-0.4, -0.2) is 92.1 Å². The van der Waals surface area contributed by atoms with Crippen LogP contribution in [0.4, 0.5) is 0 Å². The van der Waals surface area contributed by atoms with Crippen molar-refractivity contribution in [2.75, 3.05) is 53.4 Å². The van der Waals surface area contributed by atoms with Crippen LogP contribution in [0.25, 0.3) is 0 Å². The number of fused-ring (bicyclic) bond motifs is 1. The standard InChI is InChI=1S/C16H30N4O3S/c1-13(2)19-9-14-10-20(24(22,23)17(3)4)12-16(14,11-19)15(21)18-7-5-6-8-18/h13-14H,5-12H2,1-4H3/t14-,16-/m0/s1. The molecule has 0 saturated carbocycles. The van der Waals surface area contributed by atoms with Crippen molar-refractivity contribution in [3.05, 3.63) is 0 Å². The average molecular weight is 359 g/mol. The van der Waals surface area contributed by atoms with E-state index in [4.69, 9.17) is 0 Å². The SMILES string of the molecule is CC(C)N1C[C@H]2CN(S(=O)(=O)N(C)C)C[C@@]2(C(=O)N2CCCC2)C1. The van der Waals surface area contributed by atoms with Gasteiger partial charge in [0, 0.05) is 65.3 Å². The molecule has 0 aromatic carbocycles. The number of rotatable bonds is 4. The zero-order valence-electron chi connectivity index (χ0n) is 15.2. The van der Waals surface area contributed by atoms with Gasteiger partial charge in [-0.25, -0.2) is 0 Å². The summed E-state index contributed by atoms with van der Waals surface area (Å²) in [5.74, 6) is 0.257. The quantitative estimate of drug-likeness (QED) is 0.713. The van der Waals surface area contributed by atoms with Crippen LogP contribution in [0.5, 0.6) is 0 Å². The first-order valence-electron chi connectivity index (χ1n) is 8.89. The lowest BCUT2D eigenvalue weighted by Gasteiger charge is -2.33. The number of carbonyl (C=O) groups excluding carboxylic acids is 1. The molecular formula is C16H30N4O3S. The minimum atomic E-state index is -3.47. The number of nitrogens with zero attached hydrogens (tertiary/aromatic N) is 4. The lowest BCUT2D eigenvalue weighted by molar-refractivity contribution is -0.141. The fourth-order valence-corrected chi connectivity index (χ4v) is 5.62. The molecule has 3 rings (SSSR count). The maximum atomic E-state index is 13.3. The van der Waals surface area contributed by atoms with Gasteiger partial charge in [-0.2, -0.15) is 17.0 Å². The van der Waals surface area contributed by atoms with Crippen molar-refractivity contribution >= 4 is 16.1 Å². The Morgan fingerprint density at radius 2 is 1.75 bits per heavy atom. The topological polar surface area (TPSA) is 64.2 Å². The molecule has 0 spiro atoms. The van der Waals surface area contributed by atoms with Crippen LogP contribution in [0.3, 0.4) is 0 Å². The Bertz CT molecular complexity index is 600. The van der Waals surface area contributed by atoms with Gasteiger partial charge in [-0.3, -0.25) is 9.69 Å². The van der Waals surface area contributed by atoms with E-state index in [1.807, 2.05) is 4.90 Å². The Hall–Kier alpha value is -0.700. The monoisotopic (exact) mass is 358 g/mol. The third-order valence-corrected chi connectivity index (χ3v) is 7.79. The second kappa shape index (κ2) is 6.23. The smallest absolute Gasteiger partial charge is 0.281 e. The zero-order valence-corrected chi connectivity index (χ0v) is 16.0. The summed E-state index contributed by atoms with van der Waals surface area (Å²) >= 11 is 0. The number of hydrogen-bond acceptors (Lipinski definition) is 4. The van der Waals surface area contributed by atoms with Crippen LogP contribution in [0.1, 0.15) is 26.7 Å². The molecule has 0 radical (unpaired) electrons. The predicted molar refractivity (Wildman–Crippen MR) is 92.6 cm³/mol. The largest absolute Gasteiger partial charge is 0.342 e. The Labute approximate surface area is 145 Å². The molecule has 0 aromatic rings. The molecule has 3 aliphatic rings. The molecule has 8 heteroatoms. The number of hydrogen-bond donors (Lipinski definition) is 0. The fourth-order valence-electron chi connectivity index (χ4n) is 4.40. The normalized spacial score (nSPS) is 32.2. The molecule has 0 aromatic heterocycles. The van der Waals surface area contributed by atoms with Crippen LogP contribution in [0.15, 0.2) is 0 Å². The maximum Gasteiger partial charge on any atom is 0.281 e. The average Bonchev–Trinajstić information content (AvgIpc) is 3.20. The number of carbonyl (C=O) groups is 1. The molecule has 0 unspecified atom stereocenters. The van der Waals surface area contributed by atoms with E-state index >= 15 is 0 Å². The Morgan fingerprint density at radius 1 is 1.12 bits per heavy atom. The van der Waals surface area contributed by atoms with Gasteiger partial charge in [-0.1, -0.05) is 0 Å². The Balaban J connectivity index is 1.90. The maximum absolute atomic E-state index is 13.3. The van der Waals surface area contributed by atoms with E-state index in [0.29, 0.717) is 25.7 Å². The van der Waals surface area contributed by atoms with Gasteiger partial charge < -0.3 is 4.90 Å². The summed E-state index contributed by atoms with van der Waals surface area (Å²) in [6, 6.07) is 0.373. The molecule has 2 atom stereocenters. The highest BCUT2D eigenvalue weighted by atomic mass is 32.2. The summed E-state index contributed by atoms with van der Waals surface area (Å²) in [6.45, 7) is 8.15. The van der Waals surface area contributed by atoms with Crippen molar-refractivity contribution in [2.45, 2.75) is 32.7 Å². The van der Waals surface area contributed by atoms with Crippen LogP contribution in [0, 0.1) is 11.3 Å². The van der Waals surface area contributed by atoms with E-state index in [1.54, 1.807) is 14.1 Å². The van der Waals surface area contributed by atoms with Crippen molar-refractivity contribution < 1.29 is 13.2 Å². The molecule has 3 saturated heterocycles. The van der Waals surface area contributed by atoms with Gasteiger partial charge in [0.15, 0.2) is 0 Å². The molecule has 0 N–H and O–H groups in total. The van der Waals surface area contributed by atoms with Gasteiger partial charge in [0.1, 0.15) is 0 Å². The van der Waals surface area contributed by atoms with Gasteiger partial charge in [-0.05, 0) is 26.7 Å². The summed E-state index contributed by atoms with van der Waals surface area (Å²) in [5, 5.41) is 0. The summed E-state index contributed by atoms with van der Waals surface area (Å²) in [4.78, 5) is 17.6. The number of amides is 1. The third-order valence-electron chi connectivity index (χ3n) is 5.94. The fraction of sp³-hybridized carbons (Fsp3) is 0.938. The predicted octanol–water partition coefficient (Wildman–Crippen LogP) is 0.0574. The molecule has 138 valence electrons. The van der Waals surface area contributed by atoms with Crippen molar-refractivity contribution in [2.24, 2.45) is 11.3 Å². The van der Waals surface area contributed by atoms with Gasteiger partial charge in [0.05, 0.1) is 5.41 Å². The Kier molecular flexibility index (Phi) is 4.70. The van der Waals surface area contributed by atoms with Crippen LogP contribution >= 0.6 is 0 Å². The van der Waals surface area contributed by atoms with Gasteiger partial charge in [-0.15, -0.1) is 0 Å². The second-order valence-electron chi connectivity index (χ2n) is 7.96. The van der Waals surface area contributed by atoms with E-state index < -0.39 is 15.6 Å². The molecule has 1 amide bonds. The lowest BCUT2D eigenvalue weighted by Crippen LogP contribution is -2.50. The molecule has 3 fully saturated rings. The number of likely N-dealkylation sites (tertiary alicyclic amines) is 2. The van der Waals surface area contributed by atoms with E-state index in [2.05, 4.69) is 18.7 Å². The first kappa shape index (κ1) is 18.1. The highest BCUT2D eigenvalue weighted by molar-refractivity contribution is 7.86. The van der Waals surface area contributed by atoms with Crippen LogP contribution in [0.2, 0.25) is 0 Å². The third kappa shape index (κ3) is 2.77. The van der Waals surface area contributed by atoms with E-state index in [9.17, 15) is 13.2 Å². The molecule has 3 heterocycles. The lowest BCUT2D eigenvalue weighted by atomic mass is 9.79. The summed E-state index contributed by atoms with van der Waals surface area (Å²) in [6.07, 6.45) is 2.11. The van der Waals surface area contributed by atoms with Gasteiger partial charge in [0.2, 0.25) is 5.91 Å². The van der Waals surface area contributed by atoms with Gasteiger partial charge in [0.25, 0.3) is 10.2 Å². The molecule has 7 nitrogen and oxygen atoms in total. The summed E-state index contributed by atoms with van der Waals surface area (Å²) < 4.78 is 27.9. The summed E-state index contributed by atoms with van der Waals surface area (Å²) in [5.41, 5.74) is -0.572. The van der Waals surface area contributed by atoms with E-state index in [-0.39, 0.29) is 11.8 Å². The highest BCUT2D eigenvalue weighted by Gasteiger charge is 2.60. The van der Waals surface area contributed by atoms with Crippen LogP contribution < -0.4 is 0 Å². The molecule has 0 bridgehead atoms. The van der Waals surface area contributed by atoms with Gasteiger partial charge >= 0.3 is 0 Å². The van der Waals surface area contributed by atoms with Crippen molar-refractivity contribution in [3.8, 4) is 0 Å².